The summed E-state index contributed by atoms with van der Waals surface area (Å²) in [6, 6.07) is 5.07. The number of hydrogen-bond donors (Lipinski definition) is 2. The van der Waals surface area contributed by atoms with Crippen molar-refractivity contribution in [3.63, 3.8) is 0 Å². The van der Waals surface area contributed by atoms with E-state index in [-0.39, 0.29) is 12.2 Å². The molecule has 0 bridgehead atoms. The smallest absolute Gasteiger partial charge is 0.347 e. The average Bonchev–Trinajstić information content (AvgIpc) is 2.65. The van der Waals surface area contributed by atoms with E-state index in [2.05, 4.69) is 5.32 Å². The molecule has 0 amide bonds. The van der Waals surface area contributed by atoms with Gasteiger partial charge >= 0.3 is 11.9 Å². The molecule has 1 aliphatic rings. The minimum atomic E-state index is -1.37. The topological polar surface area (TPSA) is 103 Å². The van der Waals surface area contributed by atoms with Gasteiger partial charge in [-0.1, -0.05) is 6.92 Å². The molecule has 0 aliphatic carbocycles. The number of carboxylic acid groups (broad SMARTS) is 1. The fourth-order valence-electron chi connectivity index (χ4n) is 2.23. The van der Waals surface area contributed by atoms with Gasteiger partial charge in [0.25, 0.3) is 0 Å². The van der Waals surface area contributed by atoms with Gasteiger partial charge in [0, 0.05) is 24.6 Å². The van der Waals surface area contributed by atoms with Crippen molar-refractivity contribution in [3.8, 4) is 11.5 Å². The zero-order valence-corrected chi connectivity index (χ0v) is 15.7. The maximum atomic E-state index is 12.0. The first kappa shape index (κ1) is 20.6. The van der Waals surface area contributed by atoms with E-state index in [1.54, 1.807) is 25.1 Å². The zero-order chi connectivity index (χ0) is 19.8. The second-order valence-corrected chi connectivity index (χ2v) is 6.00. The predicted octanol–water partition coefficient (Wildman–Crippen LogP) is 2.58. The molecule has 1 aromatic rings. The van der Waals surface area contributed by atoms with Gasteiger partial charge in [-0.15, -0.1) is 0 Å². The van der Waals surface area contributed by atoms with Crippen molar-refractivity contribution >= 4 is 17.6 Å². The minimum absolute atomic E-state index is 0.219. The fourth-order valence-corrected chi connectivity index (χ4v) is 2.23. The van der Waals surface area contributed by atoms with E-state index in [9.17, 15) is 14.7 Å². The Morgan fingerprint density at radius 1 is 1.37 bits per heavy atom. The van der Waals surface area contributed by atoms with Crippen molar-refractivity contribution in [1.82, 2.24) is 0 Å². The molecule has 0 fully saturated rings. The lowest BCUT2D eigenvalue weighted by atomic mass is 10.2. The molecular weight excluding hydrogens is 354 g/mol. The van der Waals surface area contributed by atoms with Gasteiger partial charge in [0.1, 0.15) is 6.61 Å². The quantitative estimate of drug-likeness (QED) is 0.292. The lowest BCUT2D eigenvalue weighted by Crippen LogP contribution is -2.33. The molecule has 148 valence electrons. The lowest BCUT2D eigenvalue weighted by Gasteiger charge is -2.26. The van der Waals surface area contributed by atoms with E-state index in [1.165, 1.54) is 0 Å². The van der Waals surface area contributed by atoms with Gasteiger partial charge in [-0.05, 0) is 32.4 Å². The van der Waals surface area contributed by atoms with Crippen molar-refractivity contribution < 1.29 is 33.6 Å². The molecule has 0 saturated heterocycles. The molecule has 1 aliphatic heterocycles. The number of carboxylic acids is 1. The summed E-state index contributed by atoms with van der Waals surface area (Å²) in [4.78, 5) is 23.3. The van der Waals surface area contributed by atoms with Gasteiger partial charge < -0.3 is 29.4 Å². The van der Waals surface area contributed by atoms with Crippen LogP contribution in [0.2, 0.25) is 0 Å². The summed E-state index contributed by atoms with van der Waals surface area (Å²) in [7, 11) is 0. The summed E-state index contributed by atoms with van der Waals surface area (Å²) in [5, 5.41) is 12.0. The Bertz CT molecular complexity index is 701. The van der Waals surface area contributed by atoms with E-state index in [4.69, 9.17) is 18.9 Å². The van der Waals surface area contributed by atoms with Gasteiger partial charge in [0.05, 0.1) is 12.7 Å². The Hall–Kier alpha value is -2.74. The summed E-state index contributed by atoms with van der Waals surface area (Å²) in [6.07, 6.45) is 1.12. The number of carbonyl (C=O) groups excluding carboxylic acids is 1. The zero-order valence-electron chi connectivity index (χ0n) is 15.7. The highest BCUT2D eigenvalue weighted by molar-refractivity contribution is 6.13. The van der Waals surface area contributed by atoms with E-state index in [0.717, 1.165) is 6.20 Å². The van der Waals surface area contributed by atoms with Crippen LogP contribution in [0.1, 0.15) is 27.2 Å². The van der Waals surface area contributed by atoms with Crippen molar-refractivity contribution in [2.75, 3.05) is 25.1 Å². The van der Waals surface area contributed by atoms with Gasteiger partial charge in [-0.3, -0.25) is 0 Å². The number of nitrogens with one attached hydrogen (secondary N) is 1. The molecule has 0 aromatic heterocycles. The number of anilines is 1. The highest BCUT2D eigenvalue weighted by Gasteiger charge is 2.23. The SMILES string of the molecule is CCOCC1COc2ccc(NC=C(C(=O)O)C(=O)OC(C)CC)cc2O1. The minimum Gasteiger partial charge on any atom is -0.486 e. The van der Waals surface area contributed by atoms with Gasteiger partial charge in [0.2, 0.25) is 0 Å². The van der Waals surface area contributed by atoms with Crippen LogP contribution >= 0.6 is 0 Å². The second kappa shape index (κ2) is 9.82. The Balaban J connectivity index is 2.08. The largest absolute Gasteiger partial charge is 0.486 e. The number of fused-ring (bicyclic) bond motifs is 1. The number of rotatable bonds is 9. The normalized spacial score (nSPS) is 17.1. The number of ether oxygens (including phenoxy) is 4. The molecule has 0 spiro atoms. The third-order valence-electron chi connectivity index (χ3n) is 3.89. The highest BCUT2D eigenvalue weighted by atomic mass is 16.6. The molecule has 8 heteroatoms. The maximum Gasteiger partial charge on any atom is 0.347 e. The molecule has 8 nitrogen and oxygen atoms in total. The van der Waals surface area contributed by atoms with Crippen LogP contribution in [0.3, 0.4) is 0 Å². The molecule has 2 atom stereocenters. The number of esters is 1. The van der Waals surface area contributed by atoms with E-state index in [1.807, 2.05) is 13.8 Å². The molecule has 0 saturated carbocycles. The highest BCUT2D eigenvalue weighted by Crippen LogP contribution is 2.34. The lowest BCUT2D eigenvalue weighted by molar-refractivity contribution is -0.147. The molecule has 2 N–H and O–H groups in total. The average molecular weight is 379 g/mol. The number of carbonyl (C=O) groups is 2. The van der Waals surface area contributed by atoms with Crippen molar-refractivity contribution in [3.05, 3.63) is 30.0 Å². The third-order valence-corrected chi connectivity index (χ3v) is 3.89. The Kier molecular flexibility index (Phi) is 7.48. The number of aliphatic carboxylic acids is 1. The Morgan fingerprint density at radius 2 is 2.15 bits per heavy atom. The van der Waals surface area contributed by atoms with Gasteiger partial charge in [0.15, 0.2) is 23.2 Å². The van der Waals surface area contributed by atoms with Crippen LogP contribution in [0.5, 0.6) is 11.5 Å². The first-order chi connectivity index (χ1) is 12.9. The summed E-state index contributed by atoms with van der Waals surface area (Å²) < 4.78 is 21.9. The van der Waals surface area contributed by atoms with Crippen LogP contribution in [-0.2, 0) is 19.1 Å². The number of benzene rings is 1. The molecule has 1 heterocycles. The van der Waals surface area contributed by atoms with Gasteiger partial charge in [-0.2, -0.15) is 0 Å². The molecule has 2 unspecified atom stereocenters. The van der Waals surface area contributed by atoms with Crippen molar-refractivity contribution in [2.45, 2.75) is 39.4 Å². The molecule has 27 heavy (non-hydrogen) atoms. The summed E-state index contributed by atoms with van der Waals surface area (Å²) in [5.74, 6) is -1.15. The molecule has 0 radical (unpaired) electrons. The molecule has 2 rings (SSSR count). The van der Waals surface area contributed by atoms with E-state index in [0.29, 0.717) is 43.4 Å². The number of hydrogen-bond acceptors (Lipinski definition) is 7. The van der Waals surface area contributed by atoms with Crippen LogP contribution in [-0.4, -0.2) is 49.1 Å². The predicted molar refractivity (Wildman–Crippen MR) is 98.0 cm³/mol. The van der Waals surface area contributed by atoms with Crippen molar-refractivity contribution in [1.29, 1.82) is 0 Å². The van der Waals surface area contributed by atoms with Crippen molar-refractivity contribution in [2.24, 2.45) is 0 Å². The van der Waals surface area contributed by atoms with Crippen LogP contribution in [0.4, 0.5) is 5.69 Å². The summed E-state index contributed by atoms with van der Waals surface area (Å²) >= 11 is 0. The molecular formula is C19H25NO7. The summed E-state index contributed by atoms with van der Waals surface area (Å²) in [6.45, 7) is 6.84. The third kappa shape index (κ3) is 5.89. The monoisotopic (exact) mass is 379 g/mol. The first-order valence-electron chi connectivity index (χ1n) is 8.86. The maximum absolute atomic E-state index is 12.0. The standard InChI is InChI=1S/C19H25NO7/c1-4-12(3)26-19(23)15(18(21)22)9-20-13-6-7-16-17(8-13)27-14(11-25-16)10-24-5-2/h6-9,12,14,20H,4-5,10-11H2,1-3H3,(H,21,22). The van der Waals surface area contributed by atoms with E-state index < -0.39 is 17.5 Å². The molecule has 1 aromatic carbocycles. The van der Waals surface area contributed by atoms with Crippen LogP contribution in [0.15, 0.2) is 30.0 Å². The van der Waals surface area contributed by atoms with Crippen LogP contribution in [0.25, 0.3) is 0 Å². The van der Waals surface area contributed by atoms with Gasteiger partial charge in [-0.25, -0.2) is 9.59 Å². The van der Waals surface area contributed by atoms with Crippen LogP contribution in [0, 0.1) is 0 Å². The fraction of sp³-hybridized carbons (Fsp3) is 0.474. The Morgan fingerprint density at radius 3 is 2.81 bits per heavy atom. The van der Waals surface area contributed by atoms with E-state index >= 15 is 0 Å². The van der Waals surface area contributed by atoms with Crippen LogP contribution < -0.4 is 14.8 Å². The summed E-state index contributed by atoms with van der Waals surface area (Å²) in [5.41, 5.74) is 0.0592. The second-order valence-electron chi connectivity index (χ2n) is 6.00. The first-order valence-corrected chi connectivity index (χ1v) is 8.86. The Labute approximate surface area is 158 Å².